The maximum Gasteiger partial charge on any atom is 0.416 e. The van der Waals surface area contributed by atoms with E-state index in [2.05, 4.69) is 31.4 Å². The quantitative estimate of drug-likeness (QED) is 0.899. The zero-order valence-corrected chi connectivity index (χ0v) is 11.3. The summed E-state index contributed by atoms with van der Waals surface area (Å²) < 4.78 is 38.4. The van der Waals surface area contributed by atoms with Gasteiger partial charge in [-0.2, -0.15) is 23.5 Å². The Bertz CT molecular complexity index is 679. The van der Waals surface area contributed by atoms with E-state index in [1.165, 1.54) is 18.3 Å². The third kappa shape index (κ3) is 3.05. The standard InChI is InChI=1S/C12H6BrF3N4/c13-9-2-1-8(12(14,15)16)5-10(9)19-11-7(6-17)3-4-18-20-11/h1-5H,(H,19,20). The van der Waals surface area contributed by atoms with Crippen molar-refractivity contribution in [3.63, 3.8) is 0 Å². The van der Waals surface area contributed by atoms with Gasteiger partial charge in [-0.15, -0.1) is 5.10 Å². The molecule has 0 atom stereocenters. The number of hydrogen-bond donors (Lipinski definition) is 1. The Labute approximate surface area is 120 Å². The van der Waals surface area contributed by atoms with Gasteiger partial charge in [-0.05, 0) is 40.2 Å². The minimum Gasteiger partial charge on any atom is -0.337 e. The average molecular weight is 343 g/mol. The molecule has 20 heavy (non-hydrogen) atoms. The number of halogens is 4. The molecule has 1 aromatic carbocycles. The fraction of sp³-hybridized carbons (Fsp3) is 0.0833. The molecule has 8 heteroatoms. The van der Waals surface area contributed by atoms with Crippen LogP contribution in [0.25, 0.3) is 0 Å². The molecule has 0 aliphatic carbocycles. The number of nitrogens with zero attached hydrogens (tertiary/aromatic N) is 3. The molecule has 0 fully saturated rings. The molecular weight excluding hydrogens is 337 g/mol. The van der Waals surface area contributed by atoms with Gasteiger partial charge in [0.1, 0.15) is 6.07 Å². The largest absolute Gasteiger partial charge is 0.416 e. The normalized spacial score (nSPS) is 10.9. The lowest BCUT2D eigenvalue weighted by atomic mass is 10.2. The second kappa shape index (κ2) is 5.46. The van der Waals surface area contributed by atoms with E-state index in [-0.39, 0.29) is 17.1 Å². The van der Waals surface area contributed by atoms with Crippen molar-refractivity contribution in [2.45, 2.75) is 6.18 Å². The fourth-order valence-electron chi connectivity index (χ4n) is 1.44. The van der Waals surface area contributed by atoms with E-state index < -0.39 is 11.7 Å². The van der Waals surface area contributed by atoms with Gasteiger partial charge in [-0.1, -0.05) is 0 Å². The summed E-state index contributed by atoms with van der Waals surface area (Å²) in [6.45, 7) is 0. The Morgan fingerprint density at radius 3 is 2.65 bits per heavy atom. The Morgan fingerprint density at radius 2 is 2.00 bits per heavy atom. The molecule has 0 unspecified atom stereocenters. The molecular formula is C12H6BrF3N4. The van der Waals surface area contributed by atoms with Crippen LogP contribution in [0.2, 0.25) is 0 Å². The summed E-state index contributed by atoms with van der Waals surface area (Å²) in [7, 11) is 0. The minimum atomic E-state index is -4.45. The predicted octanol–water partition coefficient (Wildman–Crippen LogP) is 3.87. The molecule has 0 bridgehead atoms. The third-order valence-electron chi connectivity index (χ3n) is 2.39. The molecule has 2 aromatic rings. The molecule has 4 nitrogen and oxygen atoms in total. The van der Waals surface area contributed by atoms with E-state index in [0.29, 0.717) is 4.47 Å². The van der Waals surface area contributed by atoms with Crippen LogP contribution in [-0.4, -0.2) is 10.2 Å². The maximum atomic E-state index is 12.7. The summed E-state index contributed by atoms with van der Waals surface area (Å²) in [4.78, 5) is 0. The van der Waals surface area contributed by atoms with Crippen LogP contribution in [0, 0.1) is 11.3 Å². The van der Waals surface area contributed by atoms with Crippen LogP contribution in [0.1, 0.15) is 11.1 Å². The number of alkyl halides is 3. The molecule has 1 aromatic heterocycles. The van der Waals surface area contributed by atoms with Crippen molar-refractivity contribution in [3.05, 3.63) is 46.1 Å². The Kier molecular flexibility index (Phi) is 3.90. The first-order valence-corrected chi connectivity index (χ1v) is 6.06. The first-order chi connectivity index (χ1) is 9.41. The van der Waals surface area contributed by atoms with E-state index in [1.807, 2.05) is 6.07 Å². The highest BCUT2D eigenvalue weighted by Gasteiger charge is 2.31. The van der Waals surface area contributed by atoms with Crippen LogP contribution < -0.4 is 5.32 Å². The summed E-state index contributed by atoms with van der Waals surface area (Å²) >= 11 is 3.14. The van der Waals surface area contributed by atoms with Crippen molar-refractivity contribution in [3.8, 4) is 6.07 Å². The van der Waals surface area contributed by atoms with Crippen LogP contribution >= 0.6 is 15.9 Å². The zero-order chi connectivity index (χ0) is 14.8. The summed E-state index contributed by atoms with van der Waals surface area (Å²) in [5.74, 6) is 0.0926. The van der Waals surface area contributed by atoms with Gasteiger partial charge < -0.3 is 5.32 Å². The SMILES string of the molecule is N#Cc1ccnnc1Nc1cc(C(F)(F)F)ccc1Br. The molecule has 0 saturated heterocycles. The molecule has 1 heterocycles. The lowest BCUT2D eigenvalue weighted by Crippen LogP contribution is -2.06. The zero-order valence-electron chi connectivity index (χ0n) is 9.74. The van der Waals surface area contributed by atoms with E-state index in [1.54, 1.807) is 0 Å². The molecule has 1 N–H and O–H groups in total. The van der Waals surface area contributed by atoms with Crippen LogP contribution in [-0.2, 0) is 6.18 Å². The van der Waals surface area contributed by atoms with E-state index >= 15 is 0 Å². The summed E-state index contributed by atoms with van der Waals surface area (Å²) in [5.41, 5.74) is -0.466. The molecule has 0 aliphatic heterocycles. The van der Waals surface area contributed by atoms with Crippen molar-refractivity contribution < 1.29 is 13.2 Å². The first-order valence-electron chi connectivity index (χ1n) is 5.27. The summed E-state index contributed by atoms with van der Waals surface area (Å²) in [5, 5.41) is 18.8. The van der Waals surface area contributed by atoms with E-state index in [4.69, 9.17) is 5.26 Å². The van der Waals surface area contributed by atoms with Crippen molar-refractivity contribution in [1.82, 2.24) is 10.2 Å². The van der Waals surface area contributed by atoms with Gasteiger partial charge in [-0.3, -0.25) is 0 Å². The van der Waals surface area contributed by atoms with Gasteiger partial charge in [0.25, 0.3) is 0 Å². The molecule has 0 spiro atoms. The number of benzene rings is 1. The van der Waals surface area contributed by atoms with Crippen LogP contribution in [0.15, 0.2) is 34.9 Å². The maximum absolute atomic E-state index is 12.7. The number of hydrogen-bond acceptors (Lipinski definition) is 4. The predicted molar refractivity (Wildman–Crippen MR) is 69.2 cm³/mol. The van der Waals surface area contributed by atoms with Gasteiger partial charge in [0.05, 0.1) is 23.0 Å². The average Bonchev–Trinajstić information content (AvgIpc) is 2.40. The van der Waals surface area contributed by atoms with Gasteiger partial charge in [0.15, 0.2) is 5.82 Å². The molecule has 0 aliphatic rings. The topological polar surface area (TPSA) is 61.6 Å². The highest BCUT2D eigenvalue weighted by molar-refractivity contribution is 9.10. The van der Waals surface area contributed by atoms with Gasteiger partial charge in [0.2, 0.25) is 0 Å². The van der Waals surface area contributed by atoms with Crippen LogP contribution in [0.4, 0.5) is 24.7 Å². The van der Waals surface area contributed by atoms with E-state index in [9.17, 15) is 13.2 Å². The summed E-state index contributed by atoms with van der Waals surface area (Å²) in [6, 6.07) is 6.45. The number of nitriles is 1. The third-order valence-corrected chi connectivity index (χ3v) is 3.08. The molecule has 102 valence electrons. The van der Waals surface area contributed by atoms with Crippen molar-refractivity contribution in [2.75, 3.05) is 5.32 Å². The monoisotopic (exact) mass is 342 g/mol. The Hall–Kier alpha value is -2.14. The lowest BCUT2D eigenvalue weighted by molar-refractivity contribution is -0.137. The van der Waals surface area contributed by atoms with Crippen molar-refractivity contribution in [1.29, 1.82) is 5.26 Å². The Balaban J connectivity index is 2.41. The molecule has 0 radical (unpaired) electrons. The minimum absolute atomic E-state index is 0.0926. The van der Waals surface area contributed by atoms with Gasteiger partial charge in [-0.25, -0.2) is 0 Å². The summed E-state index contributed by atoms with van der Waals surface area (Å²) in [6.07, 6.45) is -3.12. The second-order valence-electron chi connectivity index (χ2n) is 3.72. The second-order valence-corrected chi connectivity index (χ2v) is 4.58. The Morgan fingerprint density at radius 1 is 1.25 bits per heavy atom. The lowest BCUT2D eigenvalue weighted by Gasteiger charge is -2.12. The number of rotatable bonds is 2. The number of aromatic nitrogens is 2. The highest BCUT2D eigenvalue weighted by atomic mass is 79.9. The number of anilines is 2. The van der Waals surface area contributed by atoms with Crippen molar-refractivity contribution in [2.24, 2.45) is 0 Å². The molecule has 0 saturated carbocycles. The number of nitrogens with one attached hydrogen (secondary N) is 1. The highest BCUT2D eigenvalue weighted by Crippen LogP contribution is 2.35. The fourth-order valence-corrected chi connectivity index (χ4v) is 1.78. The molecule has 0 amide bonds. The van der Waals surface area contributed by atoms with E-state index in [0.717, 1.165) is 12.1 Å². The molecule has 2 rings (SSSR count). The van der Waals surface area contributed by atoms with Crippen LogP contribution in [0.3, 0.4) is 0 Å². The van der Waals surface area contributed by atoms with Gasteiger partial charge >= 0.3 is 6.18 Å². The van der Waals surface area contributed by atoms with Gasteiger partial charge in [0, 0.05) is 4.47 Å². The first kappa shape index (κ1) is 14.3. The smallest absolute Gasteiger partial charge is 0.337 e. The van der Waals surface area contributed by atoms with Crippen LogP contribution in [0.5, 0.6) is 0 Å². The van der Waals surface area contributed by atoms with Crippen molar-refractivity contribution >= 4 is 27.4 Å².